The van der Waals surface area contributed by atoms with Crippen LogP contribution in [0.2, 0.25) is 0 Å². The SMILES string of the molecule is O=C(Nc1ccc(Nc2cccc3occc23)cc1)c1ccc(OC(F)(F)F)cc1. The van der Waals surface area contributed by atoms with Gasteiger partial charge in [0.1, 0.15) is 11.3 Å². The van der Waals surface area contributed by atoms with Crippen molar-refractivity contribution >= 4 is 33.9 Å². The quantitative estimate of drug-likeness (QED) is 0.402. The molecule has 0 radical (unpaired) electrons. The number of amides is 1. The van der Waals surface area contributed by atoms with Crippen LogP contribution in [-0.4, -0.2) is 12.3 Å². The van der Waals surface area contributed by atoms with Crippen molar-refractivity contribution in [3.63, 3.8) is 0 Å². The highest BCUT2D eigenvalue weighted by Gasteiger charge is 2.31. The van der Waals surface area contributed by atoms with Crippen LogP contribution in [0.4, 0.5) is 30.2 Å². The van der Waals surface area contributed by atoms with Crippen LogP contribution < -0.4 is 15.4 Å². The summed E-state index contributed by atoms with van der Waals surface area (Å²) in [7, 11) is 0. The number of hydrogen-bond acceptors (Lipinski definition) is 4. The third-order valence-electron chi connectivity index (χ3n) is 4.27. The second-order valence-corrected chi connectivity index (χ2v) is 6.37. The third-order valence-corrected chi connectivity index (χ3v) is 4.27. The van der Waals surface area contributed by atoms with E-state index in [4.69, 9.17) is 4.42 Å². The van der Waals surface area contributed by atoms with Crippen LogP contribution in [0.15, 0.2) is 83.5 Å². The van der Waals surface area contributed by atoms with E-state index in [0.717, 1.165) is 34.5 Å². The Balaban J connectivity index is 1.41. The van der Waals surface area contributed by atoms with E-state index >= 15 is 0 Å². The number of carbonyl (C=O) groups excluding carboxylic acids is 1. The van der Waals surface area contributed by atoms with Gasteiger partial charge in [-0.05, 0) is 66.7 Å². The normalized spacial score (nSPS) is 11.3. The summed E-state index contributed by atoms with van der Waals surface area (Å²) in [6.07, 6.45) is -3.15. The van der Waals surface area contributed by atoms with E-state index in [0.29, 0.717) is 5.69 Å². The Labute approximate surface area is 169 Å². The van der Waals surface area contributed by atoms with Crippen molar-refractivity contribution < 1.29 is 27.1 Å². The molecule has 0 spiro atoms. The maximum atomic E-state index is 12.3. The average Bonchev–Trinajstić information content (AvgIpc) is 3.19. The van der Waals surface area contributed by atoms with Gasteiger partial charge in [-0.1, -0.05) is 6.07 Å². The highest BCUT2D eigenvalue weighted by molar-refractivity contribution is 6.04. The molecule has 0 atom stereocenters. The Kier molecular flexibility index (Phi) is 5.05. The van der Waals surface area contributed by atoms with E-state index in [-0.39, 0.29) is 11.3 Å². The Morgan fingerprint density at radius 3 is 2.27 bits per heavy atom. The Bertz CT molecular complexity index is 1170. The molecular formula is C22H15F3N2O3. The first kappa shape index (κ1) is 19.4. The molecule has 3 aromatic carbocycles. The van der Waals surface area contributed by atoms with Crippen LogP contribution in [0.5, 0.6) is 5.75 Å². The van der Waals surface area contributed by atoms with Crippen molar-refractivity contribution in [2.45, 2.75) is 6.36 Å². The van der Waals surface area contributed by atoms with E-state index in [9.17, 15) is 18.0 Å². The summed E-state index contributed by atoms with van der Waals surface area (Å²) in [6, 6.07) is 19.3. The van der Waals surface area contributed by atoms with E-state index in [1.807, 2.05) is 24.3 Å². The molecule has 1 amide bonds. The number of carbonyl (C=O) groups is 1. The van der Waals surface area contributed by atoms with Gasteiger partial charge in [0, 0.05) is 28.0 Å². The van der Waals surface area contributed by atoms with Crippen molar-refractivity contribution in [3.8, 4) is 5.75 Å². The van der Waals surface area contributed by atoms with E-state index in [1.54, 1.807) is 30.5 Å². The number of furan rings is 1. The van der Waals surface area contributed by atoms with Crippen LogP contribution >= 0.6 is 0 Å². The first-order valence-corrected chi connectivity index (χ1v) is 8.88. The summed E-state index contributed by atoms with van der Waals surface area (Å²) < 4.78 is 45.8. The molecule has 0 fully saturated rings. The van der Waals surface area contributed by atoms with Crippen molar-refractivity contribution in [2.75, 3.05) is 10.6 Å². The monoisotopic (exact) mass is 412 g/mol. The molecule has 0 aliphatic rings. The molecule has 2 N–H and O–H groups in total. The number of anilines is 3. The van der Waals surface area contributed by atoms with Crippen LogP contribution in [0.3, 0.4) is 0 Å². The number of nitrogens with one attached hydrogen (secondary N) is 2. The molecule has 0 aliphatic heterocycles. The number of rotatable bonds is 5. The number of hydrogen-bond donors (Lipinski definition) is 2. The zero-order chi connectivity index (χ0) is 21.1. The van der Waals surface area contributed by atoms with Crippen molar-refractivity contribution in [1.82, 2.24) is 0 Å². The zero-order valence-corrected chi connectivity index (χ0v) is 15.4. The molecule has 1 aromatic heterocycles. The Morgan fingerprint density at radius 2 is 1.57 bits per heavy atom. The predicted octanol–water partition coefficient (Wildman–Crippen LogP) is 6.33. The molecular weight excluding hydrogens is 397 g/mol. The fraction of sp³-hybridized carbons (Fsp3) is 0.0455. The smallest absolute Gasteiger partial charge is 0.464 e. The zero-order valence-electron chi connectivity index (χ0n) is 15.4. The van der Waals surface area contributed by atoms with Gasteiger partial charge in [0.2, 0.25) is 0 Å². The molecule has 0 aliphatic carbocycles. The number of halogens is 3. The van der Waals surface area contributed by atoms with Crippen LogP contribution in [0, 0.1) is 0 Å². The highest BCUT2D eigenvalue weighted by Crippen LogP contribution is 2.28. The Hall–Kier alpha value is -3.94. The fourth-order valence-corrected chi connectivity index (χ4v) is 2.91. The molecule has 0 unspecified atom stereocenters. The van der Waals surface area contributed by atoms with Gasteiger partial charge in [-0.25, -0.2) is 0 Å². The van der Waals surface area contributed by atoms with Gasteiger partial charge in [0.05, 0.1) is 6.26 Å². The lowest BCUT2D eigenvalue weighted by Gasteiger charge is -2.11. The average molecular weight is 412 g/mol. The topological polar surface area (TPSA) is 63.5 Å². The minimum atomic E-state index is -4.78. The van der Waals surface area contributed by atoms with Gasteiger partial charge < -0.3 is 19.8 Å². The molecule has 152 valence electrons. The van der Waals surface area contributed by atoms with Gasteiger partial charge in [0.25, 0.3) is 5.91 Å². The lowest BCUT2D eigenvalue weighted by Crippen LogP contribution is -2.17. The lowest BCUT2D eigenvalue weighted by molar-refractivity contribution is -0.274. The first-order chi connectivity index (χ1) is 14.4. The minimum Gasteiger partial charge on any atom is -0.464 e. The molecule has 5 nitrogen and oxygen atoms in total. The molecule has 30 heavy (non-hydrogen) atoms. The molecule has 4 aromatic rings. The molecule has 1 heterocycles. The fourth-order valence-electron chi connectivity index (χ4n) is 2.91. The van der Waals surface area contributed by atoms with Crippen LogP contribution in [-0.2, 0) is 0 Å². The summed E-state index contributed by atoms with van der Waals surface area (Å²) in [5, 5.41) is 6.94. The van der Waals surface area contributed by atoms with Gasteiger partial charge in [-0.2, -0.15) is 0 Å². The molecule has 0 bridgehead atoms. The van der Waals surface area contributed by atoms with Gasteiger partial charge in [0.15, 0.2) is 0 Å². The molecule has 0 saturated heterocycles. The van der Waals surface area contributed by atoms with Crippen molar-refractivity contribution in [1.29, 1.82) is 0 Å². The summed E-state index contributed by atoms with van der Waals surface area (Å²) in [5.74, 6) is -0.834. The summed E-state index contributed by atoms with van der Waals surface area (Å²) in [6.45, 7) is 0. The van der Waals surface area contributed by atoms with Crippen LogP contribution in [0.1, 0.15) is 10.4 Å². The predicted molar refractivity (Wildman–Crippen MR) is 107 cm³/mol. The second-order valence-electron chi connectivity index (χ2n) is 6.37. The molecule has 4 rings (SSSR count). The maximum Gasteiger partial charge on any atom is 0.573 e. The largest absolute Gasteiger partial charge is 0.573 e. The van der Waals surface area contributed by atoms with Gasteiger partial charge in [-0.3, -0.25) is 4.79 Å². The first-order valence-electron chi connectivity index (χ1n) is 8.88. The minimum absolute atomic E-state index is 0.207. The summed E-state index contributed by atoms with van der Waals surface area (Å²) in [5.41, 5.74) is 3.23. The molecule has 8 heteroatoms. The highest BCUT2D eigenvalue weighted by atomic mass is 19.4. The number of ether oxygens (including phenoxy) is 1. The van der Waals surface area contributed by atoms with Crippen molar-refractivity contribution in [3.05, 3.63) is 84.6 Å². The van der Waals surface area contributed by atoms with E-state index in [2.05, 4.69) is 15.4 Å². The lowest BCUT2D eigenvalue weighted by atomic mass is 10.2. The number of alkyl halides is 3. The van der Waals surface area contributed by atoms with Gasteiger partial charge in [-0.15, -0.1) is 13.2 Å². The summed E-state index contributed by atoms with van der Waals surface area (Å²) in [4.78, 5) is 12.3. The standard InChI is InChI=1S/C22H15F3N2O3/c23-22(24,25)30-17-10-4-14(5-11-17)21(28)27-16-8-6-15(7-9-16)26-19-2-1-3-20-18(19)12-13-29-20/h1-13,26H,(H,27,28). The van der Waals surface area contributed by atoms with E-state index in [1.165, 1.54) is 12.1 Å². The van der Waals surface area contributed by atoms with Crippen molar-refractivity contribution in [2.24, 2.45) is 0 Å². The third kappa shape index (κ3) is 4.54. The molecule has 0 saturated carbocycles. The van der Waals surface area contributed by atoms with Crippen LogP contribution in [0.25, 0.3) is 11.0 Å². The number of benzene rings is 3. The Morgan fingerprint density at radius 1 is 0.867 bits per heavy atom. The summed E-state index contributed by atoms with van der Waals surface area (Å²) >= 11 is 0. The maximum absolute atomic E-state index is 12.3. The van der Waals surface area contributed by atoms with E-state index < -0.39 is 12.3 Å². The number of fused-ring (bicyclic) bond motifs is 1. The van der Waals surface area contributed by atoms with Gasteiger partial charge >= 0.3 is 6.36 Å². The second kappa shape index (κ2) is 7.82.